The molecule has 4 rings (SSSR count). The molecule has 3 aromatic rings. The third kappa shape index (κ3) is 9.61. The zero-order chi connectivity index (χ0) is 33.1. The molecule has 1 aliphatic heterocycles. The maximum Gasteiger partial charge on any atom is 0.258 e. The van der Waals surface area contributed by atoms with E-state index in [2.05, 4.69) is 10.3 Å². The number of pyridine rings is 1. The van der Waals surface area contributed by atoms with Crippen LogP contribution < -0.4 is 10.1 Å². The molecule has 4 atom stereocenters. The number of amides is 3. The van der Waals surface area contributed by atoms with E-state index in [4.69, 9.17) is 9.47 Å². The molecule has 246 valence electrons. The third-order valence-electron chi connectivity index (χ3n) is 8.33. The summed E-state index contributed by atoms with van der Waals surface area (Å²) in [6.45, 7) is 6.66. The Morgan fingerprint density at radius 2 is 1.83 bits per heavy atom. The number of anilines is 1. The summed E-state index contributed by atoms with van der Waals surface area (Å²) in [7, 11) is 1.78. The van der Waals surface area contributed by atoms with E-state index in [1.165, 1.54) is 0 Å². The molecular formula is C36H46N4O6. The van der Waals surface area contributed by atoms with Crippen molar-refractivity contribution in [2.24, 2.45) is 5.92 Å². The van der Waals surface area contributed by atoms with Crippen LogP contribution in [0.3, 0.4) is 0 Å². The Hall–Kier alpha value is -4.28. The second kappa shape index (κ2) is 16.9. The highest BCUT2D eigenvalue weighted by molar-refractivity contribution is 6.05. The molecule has 0 saturated carbocycles. The lowest BCUT2D eigenvalue weighted by molar-refractivity contribution is -0.131. The number of nitrogens with one attached hydrogen (secondary N) is 1. The van der Waals surface area contributed by atoms with Crippen LogP contribution in [0.15, 0.2) is 73.1 Å². The minimum Gasteiger partial charge on any atom is -0.490 e. The predicted molar refractivity (Wildman–Crippen MR) is 177 cm³/mol. The molecule has 0 aliphatic carbocycles. The van der Waals surface area contributed by atoms with Gasteiger partial charge in [0.2, 0.25) is 5.91 Å². The zero-order valence-electron chi connectivity index (χ0n) is 27.2. The first-order chi connectivity index (χ1) is 22.2. The number of rotatable bonds is 8. The molecule has 0 spiro atoms. The normalized spacial score (nSPS) is 20.1. The van der Waals surface area contributed by atoms with Crippen LogP contribution >= 0.6 is 0 Å². The Labute approximate surface area is 271 Å². The van der Waals surface area contributed by atoms with Gasteiger partial charge >= 0.3 is 0 Å². The first kappa shape index (κ1) is 34.6. The SMILES string of the molecule is C[C@@H]1CCCCO[C@H](CN(C)C(=O)Cc2ccccc2)[C@H](C)CN([C@@H](C)CO)C(=O)c2cc(NC(=O)c3ccncc3)ccc2O1. The number of hydrogen-bond donors (Lipinski definition) is 2. The molecule has 1 aliphatic rings. The molecule has 0 fully saturated rings. The van der Waals surface area contributed by atoms with Crippen molar-refractivity contribution >= 4 is 23.4 Å². The van der Waals surface area contributed by atoms with Crippen LogP contribution in [0.5, 0.6) is 5.75 Å². The maximum atomic E-state index is 14.3. The summed E-state index contributed by atoms with van der Waals surface area (Å²) in [5.74, 6) is -0.437. The van der Waals surface area contributed by atoms with Crippen molar-refractivity contribution in [1.29, 1.82) is 0 Å². The van der Waals surface area contributed by atoms with Crippen molar-refractivity contribution in [3.8, 4) is 5.75 Å². The minimum atomic E-state index is -0.513. The quantitative estimate of drug-likeness (QED) is 0.366. The Morgan fingerprint density at radius 1 is 1.09 bits per heavy atom. The molecule has 0 saturated heterocycles. The summed E-state index contributed by atoms with van der Waals surface area (Å²) in [4.78, 5) is 47.6. The minimum absolute atomic E-state index is 0.0145. The average molecular weight is 631 g/mol. The van der Waals surface area contributed by atoms with Gasteiger partial charge in [0.05, 0.1) is 36.8 Å². The van der Waals surface area contributed by atoms with Crippen LogP contribution in [0.1, 0.15) is 66.3 Å². The van der Waals surface area contributed by atoms with Crippen molar-refractivity contribution in [3.63, 3.8) is 0 Å². The molecule has 1 aromatic heterocycles. The summed E-state index contributed by atoms with van der Waals surface area (Å²) in [6.07, 6.45) is 5.30. The van der Waals surface area contributed by atoms with Gasteiger partial charge in [-0.1, -0.05) is 37.3 Å². The molecule has 3 amide bonds. The van der Waals surface area contributed by atoms with Crippen LogP contribution in [0, 0.1) is 5.92 Å². The van der Waals surface area contributed by atoms with E-state index >= 15 is 0 Å². The number of aliphatic hydroxyl groups excluding tert-OH is 1. The summed E-state index contributed by atoms with van der Waals surface area (Å²) in [5, 5.41) is 13.1. The van der Waals surface area contributed by atoms with Crippen molar-refractivity contribution in [1.82, 2.24) is 14.8 Å². The highest BCUT2D eigenvalue weighted by atomic mass is 16.5. The zero-order valence-corrected chi connectivity index (χ0v) is 27.2. The second-order valence-corrected chi connectivity index (χ2v) is 12.1. The van der Waals surface area contributed by atoms with Gasteiger partial charge in [-0.25, -0.2) is 0 Å². The topological polar surface area (TPSA) is 121 Å². The Morgan fingerprint density at radius 3 is 2.54 bits per heavy atom. The second-order valence-electron chi connectivity index (χ2n) is 12.1. The van der Waals surface area contributed by atoms with Crippen LogP contribution in [0.25, 0.3) is 0 Å². The maximum absolute atomic E-state index is 14.3. The number of carbonyl (C=O) groups excluding carboxylic acids is 3. The fourth-order valence-electron chi connectivity index (χ4n) is 5.45. The molecule has 0 radical (unpaired) electrons. The van der Waals surface area contributed by atoms with Crippen LogP contribution in [0.2, 0.25) is 0 Å². The van der Waals surface area contributed by atoms with E-state index in [9.17, 15) is 19.5 Å². The highest BCUT2D eigenvalue weighted by Gasteiger charge is 2.31. The van der Waals surface area contributed by atoms with Gasteiger partial charge in [-0.3, -0.25) is 19.4 Å². The standard InChI is InChI=1S/C36H46N4O6/c1-25-22-40(26(2)24-41)36(44)31-21-30(38-35(43)29-15-17-37-18-16-29)13-14-32(31)46-27(3)10-8-9-19-45-33(25)23-39(4)34(42)20-28-11-6-5-7-12-28/h5-7,11-18,21,25-27,33,41H,8-10,19-20,22-24H2,1-4H3,(H,38,43)/t25-,26+,27-,33-/m1/s1. The largest absolute Gasteiger partial charge is 0.490 e. The number of nitrogens with zero attached hydrogens (tertiary/aromatic N) is 3. The molecular weight excluding hydrogens is 584 g/mol. The van der Waals surface area contributed by atoms with Gasteiger partial charge in [0.1, 0.15) is 5.75 Å². The van der Waals surface area contributed by atoms with Crippen LogP contribution in [-0.2, 0) is 16.0 Å². The number of aromatic nitrogens is 1. The number of hydrogen-bond acceptors (Lipinski definition) is 7. The van der Waals surface area contributed by atoms with E-state index in [-0.39, 0.29) is 54.6 Å². The summed E-state index contributed by atoms with van der Waals surface area (Å²) >= 11 is 0. The van der Waals surface area contributed by atoms with E-state index in [1.807, 2.05) is 44.2 Å². The van der Waals surface area contributed by atoms with Gasteiger partial charge in [0, 0.05) is 56.3 Å². The lowest BCUT2D eigenvalue weighted by Gasteiger charge is -2.36. The lowest BCUT2D eigenvalue weighted by Crippen LogP contribution is -2.48. The first-order valence-corrected chi connectivity index (χ1v) is 16.0. The first-order valence-electron chi connectivity index (χ1n) is 16.0. The van der Waals surface area contributed by atoms with E-state index in [0.29, 0.717) is 36.6 Å². The number of aliphatic hydroxyl groups is 1. The molecule has 2 aromatic carbocycles. The fraction of sp³-hybridized carbons (Fsp3) is 0.444. The summed E-state index contributed by atoms with van der Waals surface area (Å²) in [5.41, 5.74) is 2.11. The summed E-state index contributed by atoms with van der Waals surface area (Å²) < 4.78 is 12.7. The van der Waals surface area contributed by atoms with E-state index in [1.54, 1.807) is 66.5 Å². The van der Waals surface area contributed by atoms with Gasteiger partial charge in [0.25, 0.3) is 11.8 Å². The third-order valence-corrected chi connectivity index (χ3v) is 8.33. The van der Waals surface area contributed by atoms with Crippen molar-refractivity contribution < 1.29 is 29.0 Å². The Bertz CT molecular complexity index is 1440. The average Bonchev–Trinajstić information content (AvgIpc) is 3.06. The van der Waals surface area contributed by atoms with Crippen molar-refractivity contribution in [3.05, 3.63) is 89.7 Å². The van der Waals surface area contributed by atoms with Crippen molar-refractivity contribution in [2.45, 2.75) is 64.7 Å². The van der Waals surface area contributed by atoms with Gasteiger partial charge in [0.15, 0.2) is 0 Å². The smallest absolute Gasteiger partial charge is 0.258 e. The molecule has 46 heavy (non-hydrogen) atoms. The lowest BCUT2D eigenvalue weighted by atomic mass is 10.0. The van der Waals surface area contributed by atoms with E-state index < -0.39 is 6.04 Å². The van der Waals surface area contributed by atoms with Gasteiger partial charge in [-0.2, -0.15) is 0 Å². The van der Waals surface area contributed by atoms with Gasteiger partial charge < -0.3 is 29.7 Å². The fourth-order valence-corrected chi connectivity index (χ4v) is 5.45. The number of ether oxygens (including phenoxy) is 2. The Balaban J connectivity index is 1.60. The van der Waals surface area contributed by atoms with Gasteiger partial charge in [-0.05, 0) is 69.0 Å². The molecule has 0 unspecified atom stereocenters. The van der Waals surface area contributed by atoms with Crippen molar-refractivity contribution in [2.75, 3.05) is 38.7 Å². The Kier molecular flexibility index (Phi) is 12.7. The predicted octanol–water partition coefficient (Wildman–Crippen LogP) is 4.83. The number of carbonyl (C=O) groups is 3. The van der Waals surface area contributed by atoms with E-state index in [0.717, 1.165) is 24.8 Å². The molecule has 0 bridgehead atoms. The molecule has 2 N–H and O–H groups in total. The highest BCUT2D eigenvalue weighted by Crippen LogP contribution is 2.29. The molecule has 2 heterocycles. The summed E-state index contributed by atoms with van der Waals surface area (Å²) in [6, 6.07) is 17.4. The number of likely N-dealkylation sites (N-methyl/N-ethyl adjacent to an activating group) is 1. The van der Waals surface area contributed by atoms with Crippen LogP contribution in [-0.4, -0.2) is 89.2 Å². The molecule has 10 nitrogen and oxygen atoms in total. The number of fused-ring (bicyclic) bond motifs is 1. The number of benzene rings is 2. The molecule has 10 heteroatoms. The monoisotopic (exact) mass is 630 g/mol. The van der Waals surface area contributed by atoms with Gasteiger partial charge in [-0.15, -0.1) is 0 Å². The van der Waals surface area contributed by atoms with Crippen LogP contribution in [0.4, 0.5) is 5.69 Å².